The zero-order valence-corrected chi connectivity index (χ0v) is 27.2. The highest BCUT2D eigenvalue weighted by Crippen LogP contribution is 2.37. The summed E-state index contributed by atoms with van der Waals surface area (Å²) in [4.78, 5) is 27.8. The molecule has 0 atom stereocenters. The summed E-state index contributed by atoms with van der Waals surface area (Å²) >= 11 is 0. The molecule has 0 radical (unpaired) electrons. The monoisotopic (exact) mass is 618 g/mol. The van der Waals surface area contributed by atoms with Crippen molar-refractivity contribution in [3.8, 4) is 11.5 Å². The van der Waals surface area contributed by atoms with Crippen LogP contribution in [0.5, 0.6) is 11.5 Å². The Morgan fingerprint density at radius 3 is 1.26 bits per heavy atom. The molecule has 240 valence electrons. The number of hydrogen-bond donors (Lipinski definition) is 2. The quantitative estimate of drug-likeness (QED) is 0.0952. The SMILES string of the molecule is CCCCCCCOc1ccc(Nc2cccc3c2C(=O)c2cccc(Nc4ccc(OCCCCCCC)cc4)c2C3=O)cc1. The average molecular weight is 619 g/mol. The van der Waals surface area contributed by atoms with Crippen molar-refractivity contribution in [2.75, 3.05) is 23.8 Å². The highest BCUT2D eigenvalue weighted by Gasteiger charge is 2.33. The fourth-order valence-electron chi connectivity index (χ4n) is 5.82. The molecule has 5 rings (SSSR count). The first kappa shape index (κ1) is 32.8. The molecule has 0 aliphatic heterocycles. The maximum atomic E-state index is 13.9. The Balaban J connectivity index is 1.24. The number of fused-ring (bicyclic) bond motifs is 2. The predicted octanol–water partition coefficient (Wildman–Crippen LogP) is 10.6. The van der Waals surface area contributed by atoms with Crippen LogP contribution in [0.15, 0.2) is 84.9 Å². The summed E-state index contributed by atoms with van der Waals surface area (Å²) in [5.74, 6) is 1.27. The van der Waals surface area contributed by atoms with Crippen molar-refractivity contribution in [1.29, 1.82) is 0 Å². The Kier molecular flexibility index (Phi) is 11.9. The van der Waals surface area contributed by atoms with Crippen molar-refractivity contribution in [2.45, 2.75) is 78.1 Å². The Morgan fingerprint density at radius 2 is 0.870 bits per heavy atom. The highest BCUT2D eigenvalue weighted by atomic mass is 16.5. The van der Waals surface area contributed by atoms with Crippen LogP contribution in [-0.2, 0) is 0 Å². The Morgan fingerprint density at radius 1 is 0.478 bits per heavy atom. The molecule has 46 heavy (non-hydrogen) atoms. The predicted molar refractivity (Wildman–Crippen MR) is 188 cm³/mol. The molecule has 6 nitrogen and oxygen atoms in total. The number of nitrogens with one attached hydrogen (secondary N) is 2. The van der Waals surface area contributed by atoms with E-state index >= 15 is 0 Å². The van der Waals surface area contributed by atoms with E-state index in [1.54, 1.807) is 12.1 Å². The Labute approximate surface area is 273 Å². The van der Waals surface area contributed by atoms with Crippen LogP contribution in [-0.4, -0.2) is 24.8 Å². The van der Waals surface area contributed by atoms with E-state index in [0.29, 0.717) is 46.8 Å². The number of ketones is 2. The van der Waals surface area contributed by atoms with E-state index in [1.807, 2.05) is 72.8 Å². The molecule has 1 aliphatic carbocycles. The maximum absolute atomic E-state index is 13.9. The van der Waals surface area contributed by atoms with Crippen LogP contribution in [0, 0.1) is 0 Å². The minimum atomic E-state index is -0.179. The molecule has 0 aromatic heterocycles. The zero-order chi connectivity index (χ0) is 32.1. The first-order chi connectivity index (χ1) is 22.6. The van der Waals surface area contributed by atoms with Gasteiger partial charge in [-0.15, -0.1) is 0 Å². The van der Waals surface area contributed by atoms with Gasteiger partial charge in [0.05, 0.1) is 35.7 Å². The standard InChI is InChI=1S/C40H46N2O4/c1-3-5-7-9-11-27-45-31-23-19-29(20-24-31)41-35-17-13-15-33-37(35)39(43)34-16-14-18-36(38(34)40(33)44)42-30-21-25-32(26-22-30)46-28-12-10-8-6-4-2/h13-26,41-42H,3-12,27-28H2,1-2H3. The first-order valence-corrected chi connectivity index (χ1v) is 16.9. The normalized spacial score (nSPS) is 12.0. The van der Waals surface area contributed by atoms with Crippen LogP contribution in [0.25, 0.3) is 0 Å². The van der Waals surface area contributed by atoms with Crippen LogP contribution in [0.3, 0.4) is 0 Å². The highest BCUT2D eigenvalue weighted by molar-refractivity contribution is 6.32. The van der Waals surface area contributed by atoms with Crippen LogP contribution < -0.4 is 20.1 Å². The van der Waals surface area contributed by atoms with Gasteiger partial charge in [-0.25, -0.2) is 0 Å². The molecular formula is C40H46N2O4. The van der Waals surface area contributed by atoms with Crippen LogP contribution >= 0.6 is 0 Å². The summed E-state index contributed by atoms with van der Waals surface area (Å²) in [7, 11) is 0. The van der Waals surface area contributed by atoms with E-state index in [-0.39, 0.29) is 11.6 Å². The molecule has 1 aliphatic rings. The molecule has 0 amide bonds. The number of rotatable bonds is 18. The van der Waals surface area contributed by atoms with Crippen molar-refractivity contribution >= 4 is 34.3 Å². The van der Waals surface area contributed by atoms with Crippen molar-refractivity contribution in [3.05, 3.63) is 107 Å². The average Bonchev–Trinajstić information content (AvgIpc) is 3.08. The second-order valence-electron chi connectivity index (χ2n) is 11.9. The summed E-state index contributed by atoms with van der Waals surface area (Å²) in [6.45, 7) is 5.84. The van der Waals surface area contributed by atoms with Gasteiger partial charge in [0.15, 0.2) is 11.6 Å². The van der Waals surface area contributed by atoms with Crippen LogP contribution in [0.1, 0.15) is 110 Å². The summed E-state index contributed by atoms with van der Waals surface area (Å²) in [6, 6.07) is 26.2. The minimum Gasteiger partial charge on any atom is -0.494 e. The Bertz CT molecular complexity index is 1470. The van der Waals surface area contributed by atoms with E-state index in [4.69, 9.17) is 9.47 Å². The lowest BCUT2D eigenvalue weighted by Gasteiger charge is -2.23. The van der Waals surface area contributed by atoms with Gasteiger partial charge in [-0.05, 0) is 73.5 Å². The fourth-order valence-corrected chi connectivity index (χ4v) is 5.82. The van der Waals surface area contributed by atoms with Gasteiger partial charge in [-0.3, -0.25) is 9.59 Å². The number of carbonyl (C=O) groups is 2. The van der Waals surface area contributed by atoms with Gasteiger partial charge in [0.25, 0.3) is 0 Å². The van der Waals surface area contributed by atoms with Gasteiger partial charge >= 0.3 is 0 Å². The molecule has 2 N–H and O–H groups in total. The van der Waals surface area contributed by atoms with Gasteiger partial charge in [0.2, 0.25) is 0 Å². The molecule has 0 spiro atoms. The van der Waals surface area contributed by atoms with E-state index in [0.717, 1.165) is 35.7 Å². The van der Waals surface area contributed by atoms with Gasteiger partial charge < -0.3 is 20.1 Å². The molecular weight excluding hydrogens is 572 g/mol. The smallest absolute Gasteiger partial charge is 0.196 e. The zero-order valence-electron chi connectivity index (χ0n) is 27.2. The molecule has 0 saturated carbocycles. The topological polar surface area (TPSA) is 76.7 Å². The lowest BCUT2D eigenvalue weighted by Crippen LogP contribution is -2.23. The summed E-state index contributed by atoms with van der Waals surface area (Å²) in [6.07, 6.45) is 12.0. The van der Waals surface area contributed by atoms with E-state index in [9.17, 15) is 9.59 Å². The van der Waals surface area contributed by atoms with E-state index in [1.165, 1.54) is 51.4 Å². The van der Waals surface area contributed by atoms with Crippen molar-refractivity contribution in [1.82, 2.24) is 0 Å². The van der Waals surface area contributed by atoms with Crippen molar-refractivity contribution in [3.63, 3.8) is 0 Å². The molecule has 0 saturated heterocycles. The first-order valence-electron chi connectivity index (χ1n) is 16.9. The molecule has 6 heteroatoms. The van der Waals surface area contributed by atoms with Gasteiger partial charge in [0.1, 0.15) is 11.5 Å². The van der Waals surface area contributed by atoms with Gasteiger partial charge in [0, 0.05) is 22.5 Å². The Hall–Kier alpha value is -4.58. The number of ether oxygens (including phenoxy) is 2. The summed E-state index contributed by atoms with van der Waals surface area (Å²) < 4.78 is 11.8. The molecule has 0 unspecified atom stereocenters. The van der Waals surface area contributed by atoms with E-state index in [2.05, 4.69) is 24.5 Å². The second kappa shape index (κ2) is 16.6. The third-order valence-electron chi connectivity index (χ3n) is 8.37. The molecule has 0 heterocycles. The third kappa shape index (κ3) is 8.36. The number of hydrogen-bond acceptors (Lipinski definition) is 6. The summed E-state index contributed by atoms with van der Waals surface area (Å²) in [5, 5.41) is 6.72. The van der Waals surface area contributed by atoms with Crippen molar-refractivity contribution < 1.29 is 19.1 Å². The third-order valence-corrected chi connectivity index (χ3v) is 8.37. The minimum absolute atomic E-state index is 0.179. The molecule has 0 fully saturated rings. The van der Waals surface area contributed by atoms with Gasteiger partial charge in [-0.2, -0.15) is 0 Å². The fraction of sp³-hybridized carbons (Fsp3) is 0.350. The lowest BCUT2D eigenvalue weighted by atomic mass is 9.82. The molecule has 0 bridgehead atoms. The van der Waals surface area contributed by atoms with Gasteiger partial charge in [-0.1, -0.05) is 89.5 Å². The number of carbonyl (C=O) groups excluding carboxylic acids is 2. The molecule has 4 aromatic rings. The number of benzene rings is 4. The molecule has 4 aromatic carbocycles. The van der Waals surface area contributed by atoms with Crippen molar-refractivity contribution in [2.24, 2.45) is 0 Å². The van der Waals surface area contributed by atoms with E-state index < -0.39 is 0 Å². The number of unbranched alkanes of at least 4 members (excludes halogenated alkanes) is 8. The second-order valence-corrected chi connectivity index (χ2v) is 11.9. The van der Waals surface area contributed by atoms with Crippen LogP contribution in [0.2, 0.25) is 0 Å². The maximum Gasteiger partial charge on any atom is 0.196 e. The lowest BCUT2D eigenvalue weighted by molar-refractivity contribution is 0.0980. The summed E-state index contributed by atoms with van der Waals surface area (Å²) in [5.41, 5.74) is 4.39. The van der Waals surface area contributed by atoms with Crippen LogP contribution in [0.4, 0.5) is 22.7 Å². The number of anilines is 4. The largest absolute Gasteiger partial charge is 0.494 e.